The fourth-order valence-corrected chi connectivity index (χ4v) is 3.31. The number of nitrogens with one attached hydrogen (secondary N) is 1. The van der Waals surface area contributed by atoms with Crippen LogP contribution in [0.15, 0.2) is 42.5 Å². The van der Waals surface area contributed by atoms with Crippen molar-refractivity contribution in [3.63, 3.8) is 0 Å². The van der Waals surface area contributed by atoms with Crippen LogP contribution >= 0.6 is 0 Å². The molecule has 0 spiro atoms. The number of benzene rings is 2. The van der Waals surface area contributed by atoms with Crippen molar-refractivity contribution in [1.29, 1.82) is 0 Å². The molecule has 2 rings (SSSR count). The highest BCUT2D eigenvalue weighted by atomic mass is 19.1. The van der Waals surface area contributed by atoms with Crippen LogP contribution in [0.4, 0.5) is 4.39 Å². The standard InChI is InChI=1S/C24H31FN2O2/c1-6-18(4)26-24(29)19(5)27(15-21-9-7-8-10-22(21)25)23(28)14-20-12-16(2)11-17(3)13-20/h7-13,18-19H,6,14-15H2,1-5H3,(H,26,29)/t18-,19-/m0/s1. The number of carbonyl (C=O) groups excluding carboxylic acids is 2. The molecular formula is C24H31FN2O2. The molecule has 0 unspecified atom stereocenters. The molecule has 2 aromatic carbocycles. The van der Waals surface area contributed by atoms with Crippen LogP contribution in [0.2, 0.25) is 0 Å². The SMILES string of the molecule is CC[C@H](C)NC(=O)[C@H](C)N(Cc1ccccc1F)C(=O)Cc1cc(C)cc(C)c1. The third-order valence-electron chi connectivity index (χ3n) is 5.10. The number of aryl methyl sites for hydroxylation is 2. The number of carbonyl (C=O) groups is 2. The highest BCUT2D eigenvalue weighted by molar-refractivity contribution is 5.88. The predicted octanol–water partition coefficient (Wildman–Crippen LogP) is 4.32. The Labute approximate surface area is 173 Å². The van der Waals surface area contributed by atoms with Crippen molar-refractivity contribution in [3.8, 4) is 0 Å². The van der Waals surface area contributed by atoms with Crippen LogP contribution < -0.4 is 5.32 Å². The normalized spacial score (nSPS) is 12.9. The molecule has 29 heavy (non-hydrogen) atoms. The van der Waals surface area contributed by atoms with E-state index in [1.807, 2.05) is 45.9 Å². The van der Waals surface area contributed by atoms with Crippen molar-refractivity contribution in [3.05, 3.63) is 70.5 Å². The van der Waals surface area contributed by atoms with Gasteiger partial charge in [-0.25, -0.2) is 4.39 Å². The molecule has 2 aromatic rings. The van der Waals surface area contributed by atoms with Crippen molar-refractivity contribution < 1.29 is 14.0 Å². The third kappa shape index (κ3) is 6.41. The van der Waals surface area contributed by atoms with Crippen molar-refractivity contribution >= 4 is 11.8 Å². The van der Waals surface area contributed by atoms with Gasteiger partial charge in [-0.1, -0.05) is 54.4 Å². The van der Waals surface area contributed by atoms with Gasteiger partial charge in [-0.2, -0.15) is 0 Å². The van der Waals surface area contributed by atoms with Crippen LogP contribution in [0.25, 0.3) is 0 Å². The van der Waals surface area contributed by atoms with Crippen LogP contribution in [0.1, 0.15) is 49.4 Å². The Morgan fingerprint density at radius 2 is 1.69 bits per heavy atom. The fraction of sp³-hybridized carbons (Fsp3) is 0.417. The number of hydrogen-bond acceptors (Lipinski definition) is 2. The second-order valence-electron chi connectivity index (χ2n) is 7.78. The highest BCUT2D eigenvalue weighted by Gasteiger charge is 2.27. The van der Waals surface area contributed by atoms with Crippen molar-refractivity contribution in [2.75, 3.05) is 0 Å². The zero-order chi connectivity index (χ0) is 21.6. The Hall–Kier alpha value is -2.69. The number of rotatable bonds is 8. The van der Waals surface area contributed by atoms with Gasteiger partial charge in [-0.3, -0.25) is 9.59 Å². The van der Waals surface area contributed by atoms with E-state index in [0.717, 1.165) is 23.1 Å². The zero-order valence-electron chi connectivity index (χ0n) is 18.0. The van der Waals surface area contributed by atoms with Crippen molar-refractivity contribution in [1.82, 2.24) is 10.2 Å². The Kier molecular flexibility index (Phi) is 7.94. The molecule has 0 aliphatic heterocycles. The summed E-state index contributed by atoms with van der Waals surface area (Å²) in [6, 6.07) is 11.6. The van der Waals surface area contributed by atoms with Gasteiger partial charge in [-0.15, -0.1) is 0 Å². The minimum Gasteiger partial charge on any atom is -0.352 e. The second kappa shape index (κ2) is 10.2. The molecule has 0 saturated carbocycles. The molecule has 2 atom stereocenters. The van der Waals surface area contributed by atoms with Gasteiger partial charge in [0.15, 0.2) is 0 Å². The van der Waals surface area contributed by atoms with E-state index in [9.17, 15) is 14.0 Å². The predicted molar refractivity (Wildman–Crippen MR) is 114 cm³/mol. The molecule has 156 valence electrons. The van der Waals surface area contributed by atoms with E-state index in [1.165, 1.54) is 11.0 Å². The molecule has 0 bridgehead atoms. The summed E-state index contributed by atoms with van der Waals surface area (Å²) in [6.45, 7) is 9.62. The van der Waals surface area contributed by atoms with E-state index in [4.69, 9.17) is 0 Å². The molecule has 0 radical (unpaired) electrons. The summed E-state index contributed by atoms with van der Waals surface area (Å²) >= 11 is 0. The average Bonchev–Trinajstić information content (AvgIpc) is 2.65. The zero-order valence-corrected chi connectivity index (χ0v) is 18.0. The average molecular weight is 399 g/mol. The van der Waals surface area contributed by atoms with Gasteiger partial charge in [0.2, 0.25) is 11.8 Å². The minimum atomic E-state index is -0.706. The van der Waals surface area contributed by atoms with Gasteiger partial charge in [0.05, 0.1) is 6.42 Å². The fourth-order valence-electron chi connectivity index (χ4n) is 3.31. The van der Waals surface area contributed by atoms with Gasteiger partial charge in [0.1, 0.15) is 11.9 Å². The number of hydrogen-bond donors (Lipinski definition) is 1. The molecule has 0 fully saturated rings. The van der Waals surface area contributed by atoms with E-state index in [1.54, 1.807) is 25.1 Å². The smallest absolute Gasteiger partial charge is 0.242 e. The van der Waals surface area contributed by atoms with E-state index in [0.29, 0.717) is 5.56 Å². The molecule has 2 amide bonds. The van der Waals surface area contributed by atoms with Crippen LogP contribution in [0.5, 0.6) is 0 Å². The lowest BCUT2D eigenvalue weighted by molar-refractivity contribution is -0.140. The molecule has 5 heteroatoms. The second-order valence-corrected chi connectivity index (χ2v) is 7.78. The third-order valence-corrected chi connectivity index (χ3v) is 5.10. The quantitative estimate of drug-likeness (QED) is 0.720. The summed E-state index contributed by atoms with van der Waals surface area (Å²) < 4.78 is 14.2. The van der Waals surface area contributed by atoms with Crippen LogP contribution in [0, 0.1) is 19.7 Å². The first kappa shape index (κ1) is 22.6. The maximum absolute atomic E-state index is 14.2. The topological polar surface area (TPSA) is 49.4 Å². The molecule has 0 saturated heterocycles. The molecule has 0 heterocycles. The number of halogens is 1. The maximum atomic E-state index is 14.2. The van der Waals surface area contributed by atoms with Gasteiger partial charge in [0, 0.05) is 18.2 Å². The van der Waals surface area contributed by atoms with Gasteiger partial charge in [-0.05, 0) is 45.7 Å². The van der Waals surface area contributed by atoms with Gasteiger partial charge in [0.25, 0.3) is 0 Å². The molecule has 1 N–H and O–H groups in total. The molecule has 0 aliphatic carbocycles. The Balaban J connectivity index is 2.28. The summed E-state index contributed by atoms with van der Waals surface area (Å²) in [6.07, 6.45) is 0.959. The van der Waals surface area contributed by atoms with Crippen molar-refractivity contribution in [2.45, 2.75) is 66.1 Å². The largest absolute Gasteiger partial charge is 0.352 e. The highest BCUT2D eigenvalue weighted by Crippen LogP contribution is 2.16. The van der Waals surface area contributed by atoms with E-state index in [2.05, 4.69) is 5.32 Å². The summed E-state index contributed by atoms with van der Waals surface area (Å²) in [7, 11) is 0. The van der Waals surface area contributed by atoms with Gasteiger partial charge >= 0.3 is 0 Å². The maximum Gasteiger partial charge on any atom is 0.242 e. The summed E-state index contributed by atoms with van der Waals surface area (Å²) in [5.41, 5.74) is 3.44. The monoisotopic (exact) mass is 398 g/mol. The summed E-state index contributed by atoms with van der Waals surface area (Å²) in [5.74, 6) is -0.819. The molecule has 4 nitrogen and oxygen atoms in total. The van der Waals surface area contributed by atoms with Crippen molar-refractivity contribution in [2.24, 2.45) is 0 Å². The molecular weight excluding hydrogens is 367 g/mol. The summed E-state index contributed by atoms with van der Waals surface area (Å²) in [4.78, 5) is 27.3. The lowest BCUT2D eigenvalue weighted by atomic mass is 10.0. The minimum absolute atomic E-state index is 0.00906. The van der Waals surface area contributed by atoms with Gasteiger partial charge < -0.3 is 10.2 Å². The Morgan fingerprint density at radius 1 is 1.07 bits per heavy atom. The summed E-state index contributed by atoms with van der Waals surface area (Å²) in [5, 5.41) is 2.92. The first-order chi connectivity index (χ1) is 13.7. The first-order valence-electron chi connectivity index (χ1n) is 10.1. The van der Waals surface area contributed by atoms with E-state index in [-0.39, 0.29) is 36.6 Å². The molecule has 0 aromatic heterocycles. The number of nitrogens with zero attached hydrogens (tertiary/aromatic N) is 1. The lowest BCUT2D eigenvalue weighted by Crippen LogP contribution is -2.50. The van der Waals surface area contributed by atoms with Crippen LogP contribution in [0.3, 0.4) is 0 Å². The number of amides is 2. The van der Waals surface area contributed by atoms with Crippen LogP contribution in [-0.4, -0.2) is 28.8 Å². The van der Waals surface area contributed by atoms with E-state index < -0.39 is 6.04 Å². The Morgan fingerprint density at radius 3 is 2.28 bits per heavy atom. The van der Waals surface area contributed by atoms with E-state index >= 15 is 0 Å². The van der Waals surface area contributed by atoms with Crippen LogP contribution in [-0.2, 0) is 22.6 Å². The first-order valence-corrected chi connectivity index (χ1v) is 10.1. The molecule has 0 aliphatic rings. The lowest BCUT2D eigenvalue weighted by Gasteiger charge is -2.30. The Bertz CT molecular complexity index is 845.